The number of carbonyl (C=O) groups excluding carboxylic acids is 2. The second-order valence-electron chi connectivity index (χ2n) is 13.5. The molecule has 4 rings (SSSR count). The number of alkyl halides is 1. The summed E-state index contributed by atoms with van der Waals surface area (Å²) in [5.74, 6) is 3.19. The minimum absolute atomic E-state index is 0.0755. The Balaban J connectivity index is 1.58. The van der Waals surface area contributed by atoms with Gasteiger partial charge in [0, 0.05) is 50.2 Å². The fourth-order valence-corrected chi connectivity index (χ4v) is 7.17. The molecule has 3 aliphatic heterocycles. The van der Waals surface area contributed by atoms with Gasteiger partial charge in [-0.25, -0.2) is 0 Å². The van der Waals surface area contributed by atoms with Crippen molar-refractivity contribution < 1.29 is 48.2 Å². The zero-order chi connectivity index (χ0) is 34.5. The van der Waals surface area contributed by atoms with Crippen LogP contribution in [0.25, 0.3) is 0 Å². The summed E-state index contributed by atoms with van der Waals surface area (Å²) in [7, 11) is 3.04. The highest BCUT2D eigenvalue weighted by molar-refractivity contribution is 6.22. The maximum absolute atomic E-state index is 13.3. The normalized spacial score (nSPS) is 45.5. The van der Waals surface area contributed by atoms with Crippen LogP contribution in [0.4, 0.5) is 0 Å². The van der Waals surface area contributed by atoms with E-state index in [1.54, 1.807) is 45.3 Å². The number of carbonyl (C=O) groups is 2. The molecular formula is C35H50ClNO10. The van der Waals surface area contributed by atoms with Crippen LogP contribution in [-0.4, -0.2) is 103 Å². The first-order valence-corrected chi connectivity index (χ1v) is 16.7. The van der Waals surface area contributed by atoms with Crippen LogP contribution in [0.1, 0.15) is 60.3 Å². The Hall–Kier alpha value is -2.27. The number of cyclic esters (lactones) is 1. The first kappa shape index (κ1) is 37.5. The van der Waals surface area contributed by atoms with Gasteiger partial charge in [-0.05, 0) is 39.3 Å². The predicted octanol–water partition coefficient (Wildman–Crippen LogP) is 3.16. The number of amides is 1. The molecule has 3 N–H and O–H groups in total. The fraction of sp³-hybridized carbons (Fsp3) is 0.714. The highest BCUT2D eigenvalue weighted by atomic mass is 35.5. The van der Waals surface area contributed by atoms with Gasteiger partial charge >= 0.3 is 5.97 Å². The molecule has 0 aromatic rings. The van der Waals surface area contributed by atoms with Gasteiger partial charge < -0.3 is 44.0 Å². The lowest BCUT2D eigenvalue weighted by molar-refractivity contribution is -0.352. The van der Waals surface area contributed by atoms with Crippen molar-refractivity contribution in [1.29, 1.82) is 0 Å². The Labute approximate surface area is 283 Å². The molecule has 262 valence electrons. The molecule has 1 aliphatic carbocycles. The first-order valence-electron chi connectivity index (χ1n) is 16.3. The maximum atomic E-state index is 13.3. The summed E-state index contributed by atoms with van der Waals surface area (Å²) in [5, 5.41) is 26.0. The third-order valence-corrected chi connectivity index (χ3v) is 10.1. The van der Waals surface area contributed by atoms with E-state index in [0.717, 1.165) is 12.0 Å². The number of rotatable bonds is 8. The predicted molar refractivity (Wildman–Crippen MR) is 174 cm³/mol. The van der Waals surface area contributed by atoms with Gasteiger partial charge in [-0.15, -0.1) is 11.6 Å². The van der Waals surface area contributed by atoms with E-state index in [2.05, 4.69) is 17.2 Å². The number of hydrogen-bond donors (Lipinski definition) is 3. The number of halogens is 1. The minimum atomic E-state index is -1.93. The Bertz CT molecular complexity index is 1260. The van der Waals surface area contributed by atoms with Gasteiger partial charge in [0.1, 0.15) is 17.8 Å². The van der Waals surface area contributed by atoms with E-state index in [1.807, 2.05) is 26.8 Å². The smallest absolute Gasteiger partial charge is 0.311 e. The van der Waals surface area contributed by atoms with E-state index in [0.29, 0.717) is 12.8 Å². The lowest BCUT2D eigenvalue weighted by Gasteiger charge is -2.52. The summed E-state index contributed by atoms with van der Waals surface area (Å²) in [6, 6.07) is -0.758. The molecular weight excluding hydrogens is 630 g/mol. The van der Waals surface area contributed by atoms with E-state index < -0.39 is 66.6 Å². The summed E-state index contributed by atoms with van der Waals surface area (Å²) in [4.78, 5) is 24.6. The molecule has 0 radical (unpaired) electrons. The van der Waals surface area contributed by atoms with Crippen molar-refractivity contribution in [3.05, 3.63) is 36.0 Å². The average Bonchev–Trinajstić information content (AvgIpc) is 3.70. The topological polar surface area (TPSA) is 142 Å². The average molecular weight is 680 g/mol. The molecule has 0 aromatic carbocycles. The van der Waals surface area contributed by atoms with Crippen LogP contribution in [0.15, 0.2) is 36.0 Å². The summed E-state index contributed by atoms with van der Waals surface area (Å²) in [6.07, 6.45) is 5.45. The van der Waals surface area contributed by atoms with Crippen LogP contribution < -0.4 is 5.32 Å². The van der Waals surface area contributed by atoms with Gasteiger partial charge in [0.25, 0.3) is 0 Å². The molecule has 0 spiro atoms. The summed E-state index contributed by atoms with van der Waals surface area (Å²) < 4.78 is 36.4. The molecule has 1 amide bonds. The fourth-order valence-electron chi connectivity index (χ4n) is 6.92. The van der Waals surface area contributed by atoms with Gasteiger partial charge in [0.15, 0.2) is 12.1 Å². The number of nitrogens with one attached hydrogen (secondary N) is 1. The van der Waals surface area contributed by atoms with Crippen LogP contribution >= 0.6 is 11.6 Å². The lowest BCUT2D eigenvalue weighted by Crippen LogP contribution is -2.70. The molecule has 11 nitrogen and oxygen atoms in total. The number of fused-ring (bicyclic) bond motifs is 2. The third kappa shape index (κ3) is 9.25. The second kappa shape index (κ2) is 16.0. The molecule has 4 aliphatic rings. The van der Waals surface area contributed by atoms with Crippen LogP contribution in [0.3, 0.4) is 0 Å². The quantitative estimate of drug-likeness (QED) is 0.0875. The monoisotopic (exact) mass is 679 g/mol. The van der Waals surface area contributed by atoms with E-state index in [1.165, 1.54) is 7.11 Å². The largest absolute Gasteiger partial charge is 0.458 e. The number of allylic oxidation sites excluding steroid dienone is 3. The molecule has 3 fully saturated rings. The molecule has 47 heavy (non-hydrogen) atoms. The van der Waals surface area contributed by atoms with Crippen molar-refractivity contribution >= 4 is 24.0 Å². The number of hydrogen-bond acceptors (Lipinski definition) is 10. The Morgan fingerprint density at radius 1 is 1.15 bits per heavy atom. The van der Waals surface area contributed by atoms with Crippen molar-refractivity contribution in [1.82, 2.24) is 5.32 Å². The van der Waals surface area contributed by atoms with Gasteiger partial charge in [0.05, 0.1) is 36.9 Å². The van der Waals surface area contributed by atoms with Crippen molar-refractivity contribution in [3.8, 4) is 11.8 Å². The van der Waals surface area contributed by atoms with Crippen molar-refractivity contribution in [2.24, 2.45) is 17.8 Å². The second-order valence-corrected chi connectivity index (χ2v) is 14.1. The van der Waals surface area contributed by atoms with Crippen LogP contribution in [0, 0.1) is 29.6 Å². The summed E-state index contributed by atoms with van der Waals surface area (Å²) in [6.45, 7) is 9.14. The van der Waals surface area contributed by atoms with Crippen molar-refractivity contribution in [2.75, 3.05) is 14.2 Å². The maximum Gasteiger partial charge on any atom is 0.311 e. The highest BCUT2D eigenvalue weighted by Crippen LogP contribution is 2.42. The Morgan fingerprint density at radius 3 is 2.51 bits per heavy atom. The van der Waals surface area contributed by atoms with Gasteiger partial charge in [-0.3, -0.25) is 9.59 Å². The molecule has 1 saturated carbocycles. The van der Waals surface area contributed by atoms with Gasteiger partial charge in [-0.2, -0.15) is 0 Å². The standard InChI is InChI=1S/C35H50ClNO10/c1-20-14-25(13-11-9-8-10-12-24-16-26(24)36)45-29(39)18-35(41)17-28(22(3)30(47-35)21(2)27(15-20)42-6)46-33-32(43-7)34(5,40)31(37-19-38)23(4)44-33/h8-9,11,13,15,19,21-28,30-33,40-41H,14,16-18H2,1-7H3,(H,37,38)/b9-8+,13-11+,20-15+/t21-,22+,23-,24+,25+,26+,27-,28+,30-,31+,32-,33+,34+,35+/m1/s1. The van der Waals surface area contributed by atoms with E-state index in [-0.39, 0.29) is 35.7 Å². The molecule has 0 unspecified atom stereocenters. The van der Waals surface area contributed by atoms with Crippen LogP contribution in [0.5, 0.6) is 0 Å². The van der Waals surface area contributed by atoms with Crippen molar-refractivity contribution in [2.45, 2.75) is 126 Å². The lowest BCUT2D eigenvalue weighted by atomic mass is 9.79. The molecule has 3 heterocycles. The van der Waals surface area contributed by atoms with E-state index in [9.17, 15) is 19.8 Å². The van der Waals surface area contributed by atoms with Crippen LogP contribution in [0.2, 0.25) is 0 Å². The molecule has 14 atom stereocenters. The number of ether oxygens (including phenoxy) is 6. The molecule has 2 saturated heterocycles. The number of methoxy groups -OCH3 is 2. The summed E-state index contributed by atoms with van der Waals surface area (Å²) in [5.41, 5.74) is -0.591. The Morgan fingerprint density at radius 2 is 1.87 bits per heavy atom. The Kier molecular flexibility index (Phi) is 12.8. The van der Waals surface area contributed by atoms with Crippen LogP contribution in [-0.2, 0) is 38.0 Å². The summed E-state index contributed by atoms with van der Waals surface area (Å²) >= 11 is 6.00. The zero-order valence-electron chi connectivity index (χ0n) is 28.3. The first-order chi connectivity index (χ1) is 22.2. The zero-order valence-corrected chi connectivity index (χ0v) is 29.0. The van der Waals surface area contributed by atoms with Crippen molar-refractivity contribution in [3.63, 3.8) is 0 Å². The SMILES string of the molecule is CO[C@@H]1[C@H](O[C@H]2C[C@@]3(O)CC(=O)O[C@@H](/C=C/C=C/C#C[C@H]4C[C@@H]4Cl)C/C(C)=C/[C@@H](OC)[C@@H](C)[C@@H](O3)[C@H]2C)O[C@H](C)[C@H](NC=O)[C@]1(C)O. The van der Waals surface area contributed by atoms with Gasteiger partial charge in [-0.1, -0.05) is 49.5 Å². The van der Waals surface area contributed by atoms with E-state index >= 15 is 0 Å². The number of esters is 1. The minimum Gasteiger partial charge on any atom is -0.458 e. The molecule has 2 bridgehead atoms. The van der Waals surface area contributed by atoms with E-state index in [4.69, 9.17) is 40.0 Å². The van der Waals surface area contributed by atoms with Gasteiger partial charge in [0.2, 0.25) is 6.41 Å². The third-order valence-electron chi connectivity index (χ3n) is 9.64. The highest BCUT2D eigenvalue weighted by Gasteiger charge is 2.56. The molecule has 12 heteroatoms. The molecule has 0 aromatic heterocycles. The number of aliphatic hydroxyl groups is 2.